The van der Waals surface area contributed by atoms with E-state index in [9.17, 15) is 4.79 Å². The molecule has 1 aromatic carbocycles. The number of halogens is 1. The van der Waals surface area contributed by atoms with Crippen molar-refractivity contribution < 1.29 is 9.53 Å². The fourth-order valence-corrected chi connectivity index (χ4v) is 3.65. The Hall–Kier alpha value is -1.46. The fraction of sp³-hybridized carbons (Fsp3) is 0.533. The molecule has 3 saturated heterocycles. The molecule has 3 aliphatic heterocycles. The SMILES string of the molecule is COc1cc(N)ccc1C(=O)N(Cl)C1CN2CCC1CC2. The summed E-state index contributed by atoms with van der Waals surface area (Å²) in [7, 11) is 1.53. The maximum Gasteiger partial charge on any atom is 0.272 e. The molecule has 0 spiro atoms. The van der Waals surface area contributed by atoms with Crippen molar-refractivity contribution in [2.45, 2.75) is 18.9 Å². The molecule has 4 rings (SSSR count). The van der Waals surface area contributed by atoms with Gasteiger partial charge in [-0.05, 0) is 44.0 Å². The van der Waals surface area contributed by atoms with E-state index in [4.69, 9.17) is 22.2 Å². The summed E-state index contributed by atoms with van der Waals surface area (Å²) in [5, 5.41) is 0. The van der Waals surface area contributed by atoms with Crippen LogP contribution in [0.25, 0.3) is 0 Å². The lowest BCUT2D eigenvalue weighted by Crippen LogP contribution is -2.56. The number of carbonyl (C=O) groups excluding carboxylic acids is 1. The normalized spacial score (nSPS) is 27.4. The number of nitrogen functional groups attached to an aromatic ring is 1. The molecule has 0 radical (unpaired) electrons. The quantitative estimate of drug-likeness (QED) is 0.685. The van der Waals surface area contributed by atoms with E-state index in [1.165, 1.54) is 11.5 Å². The highest BCUT2D eigenvalue weighted by Crippen LogP contribution is 2.33. The molecule has 0 saturated carbocycles. The first-order valence-electron chi connectivity index (χ1n) is 7.25. The van der Waals surface area contributed by atoms with E-state index in [0.29, 0.717) is 22.9 Å². The zero-order chi connectivity index (χ0) is 15.0. The smallest absolute Gasteiger partial charge is 0.272 e. The lowest BCUT2D eigenvalue weighted by Gasteiger charge is -2.46. The van der Waals surface area contributed by atoms with Crippen LogP contribution in [0.3, 0.4) is 0 Å². The van der Waals surface area contributed by atoms with Crippen LogP contribution in [-0.4, -0.2) is 48.0 Å². The molecule has 3 fully saturated rings. The van der Waals surface area contributed by atoms with Crippen LogP contribution < -0.4 is 10.5 Å². The van der Waals surface area contributed by atoms with Crippen molar-refractivity contribution in [3.05, 3.63) is 23.8 Å². The van der Waals surface area contributed by atoms with Gasteiger partial charge in [0.05, 0.1) is 18.7 Å². The summed E-state index contributed by atoms with van der Waals surface area (Å²) >= 11 is 6.38. The van der Waals surface area contributed by atoms with E-state index in [1.807, 2.05) is 0 Å². The number of hydrogen-bond donors (Lipinski definition) is 1. The summed E-state index contributed by atoms with van der Waals surface area (Å²) in [6.45, 7) is 3.09. The first-order valence-corrected chi connectivity index (χ1v) is 7.59. The van der Waals surface area contributed by atoms with Crippen LogP contribution >= 0.6 is 11.8 Å². The van der Waals surface area contributed by atoms with Gasteiger partial charge in [-0.2, -0.15) is 0 Å². The van der Waals surface area contributed by atoms with Gasteiger partial charge in [-0.25, -0.2) is 4.42 Å². The first kappa shape index (κ1) is 14.5. The van der Waals surface area contributed by atoms with E-state index in [0.717, 1.165) is 32.5 Å². The van der Waals surface area contributed by atoms with Gasteiger partial charge in [0, 0.05) is 30.1 Å². The Morgan fingerprint density at radius 3 is 2.71 bits per heavy atom. The van der Waals surface area contributed by atoms with E-state index in [-0.39, 0.29) is 11.9 Å². The summed E-state index contributed by atoms with van der Waals surface area (Å²) in [6.07, 6.45) is 2.22. The fourth-order valence-electron chi connectivity index (χ4n) is 3.34. The Balaban J connectivity index is 1.81. The Morgan fingerprint density at radius 2 is 2.14 bits per heavy atom. The minimum absolute atomic E-state index is 0.0731. The number of nitrogens with zero attached hydrogens (tertiary/aromatic N) is 2. The second kappa shape index (κ2) is 5.73. The molecule has 1 amide bonds. The highest BCUT2D eigenvalue weighted by molar-refractivity contribution is 6.24. The number of amides is 1. The zero-order valence-electron chi connectivity index (χ0n) is 12.1. The van der Waals surface area contributed by atoms with Crippen molar-refractivity contribution in [2.75, 3.05) is 32.5 Å². The molecule has 1 atom stereocenters. The maximum absolute atomic E-state index is 12.7. The molecule has 5 nitrogen and oxygen atoms in total. The Morgan fingerprint density at radius 1 is 1.43 bits per heavy atom. The third kappa shape index (κ3) is 2.68. The predicted molar refractivity (Wildman–Crippen MR) is 82.4 cm³/mol. The molecule has 1 aromatic rings. The maximum atomic E-state index is 12.7. The van der Waals surface area contributed by atoms with Crippen molar-refractivity contribution in [1.82, 2.24) is 9.32 Å². The zero-order valence-corrected chi connectivity index (χ0v) is 12.8. The molecule has 6 heteroatoms. The van der Waals surface area contributed by atoms with Gasteiger partial charge < -0.3 is 15.4 Å². The molecule has 2 bridgehead atoms. The molecule has 3 heterocycles. The van der Waals surface area contributed by atoms with E-state index in [2.05, 4.69) is 4.90 Å². The van der Waals surface area contributed by atoms with Crippen LogP contribution in [0.1, 0.15) is 23.2 Å². The first-order chi connectivity index (χ1) is 10.1. The van der Waals surface area contributed by atoms with Crippen LogP contribution in [0, 0.1) is 5.92 Å². The third-order valence-corrected chi connectivity index (χ3v) is 4.97. The number of ether oxygens (including phenoxy) is 1. The van der Waals surface area contributed by atoms with Crippen LogP contribution in [0.4, 0.5) is 5.69 Å². The Labute approximate surface area is 129 Å². The monoisotopic (exact) mass is 309 g/mol. The van der Waals surface area contributed by atoms with Crippen LogP contribution in [0.15, 0.2) is 18.2 Å². The largest absolute Gasteiger partial charge is 0.496 e. The number of rotatable bonds is 3. The minimum Gasteiger partial charge on any atom is -0.496 e. The highest BCUT2D eigenvalue weighted by Gasteiger charge is 2.39. The average Bonchev–Trinajstić information content (AvgIpc) is 2.54. The van der Waals surface area contributed by atoms with Crippen molar-refractivity contribution in [3.63, 3.8) is 0 Å². The number of carbonyl (C=O) groups is 1. The number of anilines is 1. The van der Waals surface area contributed by atoms with Crippen molar-refractivity contribution in [1.29, 1.82) is 0 Å². The Bertz CT molecular complexity index is 544. The number of nitrogens with two attached hydrogens (primary N) is 1. The minimum atomic E-state index is -0.215. The molecule has 2 N–H and O–H groups in total. The van der Waals surface area contributed by atoms with Crippen molar-refractivity contribution >= 4 is 23.4 Å². The summed E-state index contributed by atoms with van der Waals surface area (Å²) < 4.78 is 6.62. The van der Waals surface area contributed by atoms with Gasteiger partial charge in [-0.15, -0.1) is 0 Å². The lowest BCUT2D eigenvalue weighted by molar-refractivity contribution is 0.0340. The molecule has 3 aliphatic rings. The predicted octanol–water partition coefficient (Wildman–Crippen LogP) is 1.97. The molecule has 21 heavy (non-hydrogen) atoms. The molecule has 0 aliphatic carbocycles. The van der Waals surface area contributed by atoms with Gasteiger partial charge >= 0.3 is 0 Å². The third-order valence-electron chi connectivity index (χ3n) is 4.56. The van der Waals surface area contributed by atoms with Gasteiger partial charge in [0.1, 0.15) is 5.75 Å². The molecular weight excluding hydrogens is 290 g/mol. The summed E-state index contributed by atoms with van der Waals surface area (Å²) in [5.41, 5.74) is 6.75. The van der Waals surface area contributed by atoms with Crippen molar-refractivity contribution in [2.24, 2.45) is 5.92 Å². The van der Waals surface area contributed by atoms with Gasteiger partial charge in [0.15, 0.2) is 0 Å². The van der Waals surface area contributed by atoms with E-state index in [1.54, 1.807) is 18.2 Å². The van der Waals surface area contributed by atoms with Crippen LogP contribution in [0.5, 0.6) is 5.75 Å². The Kier molecular flexibility index (Phi) is 3.95. The average molecular weight is 310 g/mol. The second-order valence-electron chi connectivity index (χ2n) is 5.78. The molecule has 114 valence electrons. The van der Waals surface area contributed by atoms with Gasteiger partial charge in [0.2, 0.25) is 0 Å². The van der Waals surface area contributed by atoms with Crippen molar-refractivity contribution in [3.8, 4) is 5.75 Å². The molecule has 1 unspecified atom stereocenters. The number of methoxy groups -OCH3 is 1. The topological polar surface area (TPSA) is 58.8 Å². The van der Waals surface area contributed by atoms with E-state index >= 15 is 0 Å². The number of benzene rings is 1. The van der Waals surface area contributed by atoms with Gasteiger partial charge in [-0.1, -0.05) is 0 Å². The molecule has 0 aromatic heterocycles. The lowest BCUT2D eigenvalue weighted by atomic mass is 9.84. The van der Waals surface area contributed by atoms with Gasteiger partial charge in [0.25, 0.3) is 5.91 Å². The summed E-state index contributed by atoms with van der Waals surface area (Å²) in [6, 6.07) is 5.09. The van der Waals surface area contributed by atoms with Crippen LogP contribution in [0.2, 0.25) is 0 Å². The highest BCUT2D eigenvalue weighted by atomic mass is 35.5. The molecular formula is C15H20ClN3O2. The number of piperidine rings is 3. The van der Waals surface area contributed by atoms with Gasteiger partial charge in [-0.3, -0.25) is 4.79 Å². The number of hydrogen-bond acceptors (Lipinski definition) is 4. The summed E-state index contributed by atoms with van der Waals surface area (Å²) in [5.74, 6) is 0.746. The summed E-state index contributed by atoms with van der Waals surface area (Å²) in [4.78, 5) is 15.0. The number of fused-ring (bicyclic) bond motifs is 3. The van der Waals surface area contributed by atoms with E-state index < -0.39 is 0 Å². The second-order valence-corrected chi connectivity index (χ2v) is 6.15. The van der Waals surface area contributed by atoms with Crippen LogP contribution in [-0.2, 0) is 0 Å². The standard InChI is InChI=1S/C15H20ClN3O2/c1-21-14-8-11(17)2-3-12(14)15(20)19(16)13-9-18-6-4-10(13)5-7-18/h2-3,8,10,13H,4-7,9,17H2,1H3.